The fourth-order valence-electron chi connectivity index (χ4n) is 1.23. The SMILES string of the molecule is CC(C(=O)N(C)C)n1cc(CC(=O)O)nn1. The molecule has 1 amide bonds. The van der Waals surface area contributed by atoms with Crippen LogP contribution >= 0.6 is 0 Å². The Morgan fingerprint density at radius 1 is 1.56 bits per heavy atom. The standard InChI is InChI=1S/C9H14N4O3/c1-6(9(16)12(2)3)13-5-7(10-11-13)4-8(14)15/h5-6H,4H2,1-3H3,(H,14,15). The molecule has 88 valence electrons. The van der Waals surface area contributed by atoms with E-state index in [4.69, 9.17) is 5.11 Å². The van der Waals surface area contributed by atoms with Gasteiger partial charge in [-0.3, -0.25) is 9.59 Å². The summed E-state index contributed by atoms with van der Waals surface area (Å²) in [5.74, 6) is -1.09. The Bertz CT molecular complexity index is 399. The first-order valence-electron chi connectivity index (χ1n) is 4.75. The number of rotatable bonds is 4. The molecule has 0 aliphatic carbocycles. The van der Waals surface area contributed by atoms with Crippen LogP contribution in [0.3, 0.4) is 0 Å². The van der Waals surface area contributed by atoms with E-state index in [1.54, 1.807) is 21.0 Å². The lowest BCUT2D eigenvalue weighted by molar-refractivity contribution is -0.136. The summed E-state index contributed by atoms with van der Waals surface area (Å²) >= 11 is 0. The van der Waals surface area contributed by atoms with Gasteiger partial charge in [0.1, 0.15) is 6.04 Å². The molecule has 0 fully saturated rings. The highest BCUT2D eigenvalue weighted by Gasteiger charge is 2.18. The summed E-state index contributed by atoms with van der Waals surface area (Å²) in [6, 6.07) is -0.481. The summed E-state index contributed by atoms with van der Waals surface area (Å²) in [5, 5.41) is 16.0. The number of carbonyl (C=O) groups excluding carboxylic acids is 1. The van der Waals surface area contributed by atoms with Gasteiger partial charge >= 0.3 is 5.97 Å². The maximum atomic E-state index is 11.6. The van der Waals surface area contributed by atoms with Crippen LogP contribution in [-0.4, -0.2) is 51.0 Å². The molecule has 1 aromatic rings. The van der Waals surface area contributed by atoms with Crippen LogP contribution in [0, 0.1) is 0 Å². The van der Waals surface area contributed by atoms with E-state index in [1.807, 2.05) is 0 Å². The van der Waals surface area contributed by atoms with Gasteiger partial charge in [-0.1, -0.05) is 5.21 Å². The number of carboxylic acid groups (broad SMARTS) is 1. The van der Waals surface area contributed by atoms with E-state index in [-0.39, 0.29) is 12.3 Å². The number of aliphatic carboxylic acids is 1. The molecular weight excluding hydrogens is 212 g/mol. The summed E-state index contributed by atoms with van der Waals surface area (Å²) in [6.07, 6.45) is 1.28. The van der Waals surface area contributed by atoms with Crippen LogP contribution in [0.5, 0.6) is 0 Å². The predicted molar refractivity (Wildman–Crippen MR) is 54.8 cm³/mol. The fraction of sp³-hybridized carbons (Fsp3) is 0.556. The molecule has 1 atom stereocenters. The van der Waals surface area contributed by atoms with Crippen molar-refractivity contribution in [3.05, 3.63) is 11.9 Å². The first-order valence-corrected chi connectivity index (χ1v) is 4.75. The molecule has 7 heteroatoms. The Morgan fingerprint density at radius 2 is 2.19 bits per heavy atom. The summed E-state index contributed by atoms with van der Waals surface area (Å²) in [7, 11) is 3.29. The molecule has 1 unspecified atom stereocenters. The molecule has 0 radical (unpaired) electrons. The Kier molecular flexibility index (Phi) is 3.60. The number of nitrogens with zero attached hydrogens (tertiary/aromatic N) is 4. The molecule has 1 rings (SSSR count). The number of hydrogen-bond donors (Lipinski definition) is 1. The minimum Gasteiger partial charge on any atom is -0.481 e. The molecule has 1 heterocycles. The van der Waals surface area contributed by atoms with E-state index in [2.05, 4.69) is 10.3 Å². The number of aromatic nitrogens is 3. The number of likely N-dealkylation sites (N-methyl/N-ethyl adjacent to an activating group) is 1. The zero-order valence-electron chi connectivity index (χ0n) is 9.41. The average molecular weight is 226 g/mol. The molecule has 0 saturated carbocycles. The lowest BCUT2D eigenvalue weighted by Crippen LogP contribution is -2.30. The molecule has 0 aliphatic heterocycles. The summed E-state index contributed by atoms with van der Waals surface area (Å²) in [4.78, 5) is 23.5. The van der Waals surface area contributed by atoms with Crippen molar-refractivity contribution in [2.24, 2.45) is 0 Å². The van der Waals surface area contributed by atoms with Gasteiger partial charge in [0.25, 0.3) is 0 Å². The Labute approximate surface area is 92.7 Å². The van der Waals surface area contributed by atoms with E-state index >= 15 is 0 Å². The van der Waals surface area contributed by atoms with Crippen molar-refractivity contribution in [3.8, 4) is 0 Å². The minimum absolute atomic E-state index is 0.119. The highest BCUT2D eigenvalue weighted by molar-refractivity contribution is 5.79. The average Bonchev–Trinajstić information content (AvgIpc) is 2.62. The molecular formula is C9H14N4O3. The molecule has 1 N–H and O–H groups in total. The topological polar surface area (TPSA) is 88.3 Å². The van der Waals surface area contributed by atoms with Crippen LogP contribution in [0.15, 0.2) is 6.20 Å². The molecule has 1 aromatic heterocycles. The van der Waals surface area contributed by atoms with Gasteiger partial charge in [-0.25, -0.2) is 4.68 Å². The Hall–Kier alpha value is -1.92. The van der Waals surface area contributed by atoms with Crippen molar-refractivity contribution in [2.75, 3.05) is 14.1 Å². The third-order valence-electron chi connectivity index (χ3n) is 2.09. The van der Waals surface area contributed by atoms with Gasteiger partial charge in [0, 0.05) is 20.3 Å². The predicted octanol–water partition coefficient (Wildman–Crippen LogP) is -0.446. The smallest absolute Gasteiger partial charge is 0.309 e. The molecule has 0 spiro atoms. The maximum Gasteiger partial charge on any atom is 0.309 e. The second-order valence-electron chi connectivity index (χ2n) is 3.67. The highest BCUT2D eigenvalue weighted by atomic mass is 16.4. The highest BCUT2D eigenvalue weighted by Crippen LogP contribution is 2.07. The van der Waals surface area contributed by atoms with Crippen LogP contribution in [0.25, 0.3) is 0 Å². The van der Waals surface area contributed by atoms with Crippen molar-refractivity contribution in [1.29, 1.82) is 0 Å². The monoisotopic (exact) mass is 226 g/mol. The maximum absolute atomic E-state index is 11.6. The zero-order valence-corrected chi connectivity index (χ0v) is 9.41. The first kappa shape index (κ1) is 12.2. The van der Waals surface area contributed by atoms with E-state index in [1.165, 1.54) is 15.8 Å². The normalized spacial score (nSPS) is 12.2. The van der Waals surface area contributed by atoms with E-state index in [9.17, 15) is 9.59 Å². The molecule has 16 heavy (non-hydrogen) atoms. The van der Waals surface area contributed by atoms with Crippen LogP contribution in [0.2, 0.25) is 0 Å². The molecule has 0 aliphatic rings. The summed E-state index contributed by atoms with van der Waals surface area (Å²) in [6.45, 7) is 1.68. The summed E-state index contributed by atoms with van der Waals surface area (Å²) < 4.78 is 1.36. The third kappa shape index (κ3) is 2.78. The number of carbonyl (C=O) groups is 2. The van der Waals surface area contributed by atoms with Gasteiger partial charge in [0.2, 0.25) is 5.91 Å². The lowest BCUT2D eigenvalue weighted by atomic mass is 10.3. The van der Waals surface area contributed by atoms with Crippen molar-refractivity contribution in [1.82, 2.24) is 19.9 Å². The van der Waals surface area contributed by atoms with Crippen LogP contribution in [0.1, 0.15) is 18.7 Å². The van der Waals surface area contributed by atoms with Gasteiger partial charge in [0.15, 0.2) is 0 Å². The summed E-state index contributed by atoms with van der Waals surface area (Å²) in [5.41, 5.74) is 0.339. The molecule has 0 saturated heterocycles. The second kappa shape index (κ2) is 4.73. The van der Waals surface area contributed by atoms with Gasteiger partial charge in [-0.2, -0.15) is 0 Å². The quantitative estimate of drug-likeness (QED) is 0.751. The van der Waals surface area contributed by atoms with Crippen molar-refractivity contribution in [3.63, 3.8) is 0 Å². The number of amides is 1. The number of hydrogen-bond acceptors (Lipinski definition) is 4. The zero-order chi connectivity index (χ0) is 12.3. The van der Waals surface area contributed by atoms with Crippen molar-refractivity contribution >= 4 is 11.9 Å². The molecule has 0 aromatic carbocycles. The molecule has 0 bridgehead atoms. The molecule has 7 nitrogen and oxygen atoms in total. The van der Waals surface area contributed by atoms with Gasteiger partial charge in [-0.15, -0.1) is 5.10 Å². The van der Waals surface area contributed by atoms with Gasteiger partial charge in [-0.05, 0) is 6.92 Å². The van der Waals surface area contributed by atoms with E-state index in [0.29, 0.717) is 5.69 Å². The van der Waals surface area contributed by atoms with Crippen LogP contribution in [0.4, 0.5) is 0 Å². The van der Waals surface area contributed by atoms with Gasteiger partial charge < -0.3 is 10.0 Å². The largest absolute Gasteiger partial charge is 0.481 e. The van der Waals surface area contributed by atoms with Crippen molar-refractivity contribution in [2.45, 2.75) is 19.4 Å². The van der Waals surface area contributed by atoms with Crippen molar-refractivity contribution < 1.29 is 14.7 Å². The third-order valence-corrected chi connectivity index (χ3v) is 2.09. The minimum atomic E-state index is -0.973. The Balaban J connectivity index is 2.77. The second-order valence-corrected chi connectivity index (χ2v) is 3.67. The number of carboxylic acids is 1. The van der Waals surface area contributed by atoms with Crippen LogP contribution < -0.4 is 0 Å². The lowest BCUT2D eigenvalue weighted by Gasteiger charge is -2.16. The fourth-order valence-corrected chi connectivity index (χ4v) is 1.23. The van der Waals surface area contributed by atoms with E-state index < -0.39 is 12.0 Å². The van der Waals surface area contributed by atoms with Gasteiger partial charge in [0.05, 0.1) is 12.1 Å². The van der Waals surface area contributed by atoms with Crippen LogP contribution in [-0.2, 0) is 16.0 Å². The Morgan fingerprint density at radius 3 is 2.69 bits per heavy atom. The van der Waals surface area contributed by atoms with E-state index in [0.717, 1.165) is 0 Å². The first-order chi connectivity index (χ1) is 7.41.